The Kier molecular flexibility index (Phi) is 12.3. The summed E-state index contributed by atoms with van der Waals surface area (Å²) in [7, 11) is 0. The number of aliphatic hydroxyl groups excluding tert-OH is 1. The lowest BCUT2D eigenvalue weighted by Crippen LogP contribution is -2.43. The smallest absolute Gasteiger partial charge is 0.475 e. The number of carbonyl (C=O) groups excluding carboxylic acids is 2. The number of nitrogens with two attached hydrogens (primary N) is 1. The Bertz CT molecular complexity index is 808. The molecule has 0 saturated heterocycles. The Morgan fingerprint density at radius 2 is 1.71 bits per heavy atom. The lowest BCUT2D eigenvalue weighted by atomic mass is 9.93. The summed E-state index contributed by atoms with van der Waals surface area (Å²) in [6.07, 6.45) is 2.39. The van der Waals surface area contributed by atoms with Gasteiger partial charge in [-0.2, -0.15) is 13.2 Å². The van der Waals surface area contributed by atoms with Crippen LogP contribution in [0, 0.1) is 0 Å². The van der Waals surface area contributed by atoms with E-state index in [-0.39, 0.29) is 30.0 Å². The van der Waals surface area contributed by atoms with Crippen molar-refractivity contribution in [3.63, 3.8) is 0 Å². The van der Waals surface area contributed by atoms with Crippen LogP contribution in [-0.2, 0) is 20.8 Å². The average molecular weight is 488 g/mol. The number of amides is 2. The minimum absolute atomic E-state index is 0.104. The second-order valence-corrected chi connectivity index (χ2v) is 8.10. The number of hydrogen-bond donors (Lipinski definition) is 5. The molecule has 0 radical (unpaired) electrons. The molecule has 0 heterocycles. The SMILES string of the molecule is C[C@H](N)C(=O)N[C@H](/C=C/C(=O)NC1CCC(O)CC1)CCc1ccccc1.O=C(O)C(F)(F)F. The summed E-state index contributed by atoms with van der Waals surface area (Å²) in [5.41, 5.74) is 6.82. The summed E-state index contributed by atoms with van der Waals surface area (Å²) in [5.74, 6) is -3.16. The molecule has 1 aliphatic rings. The van der Waals surface area contributed by atoms with Gasteiger partial charge in [0.15, 0.2) is 0 Å². The molecule has 1 aliphatic carbocycles. The minimum atomic E-state index is -5.08. The molecule has 0 spiro atoms. The zero-order valence-electron chi connectivity index (χ0n) is 18.9. The Labute approximate surface area is 196 Å². The van der Waals surface area contributed by atoms with E-state index in [4.69, 9.17) is 15.6 Å². The topological polar surface area (TPSA) is 142 Å². The van der Waals surface area contributed by atoms with Crippen molar-refractivity contribution in [3.05, 3.63) is 48.0 Å². The molecule has 0 bridgehead atoms. The Morgan fingerprint density at radius 3 is 2.21 bits per heavy atom. The Balaban J connectivity index is 0.000000718. The number of halogens is 3. The van der Waals surface area contributed by atoms with Crippen LogP contribution in [-0.4, -0.2) is 58.4 Å². The first-order valence-electron chi connectivity index (χ1n) is 10.9. The molecule has 1 aromatic rings. The zero-order chi connectivity index (χ0) is 25.7. The maximum atomic E-state index is 12.2. The van der Waals surface area contributed by atoms with Crippen molar-refractivity contribution in [3.8, 4) is 0 Å². The molecule has 6 N–H and O–H groups in total. The van der Waals surface area contributed by atoms with E-state index in [1.165, 1.54) is 11.6 Å². The van der Waals surface area contributed by atoms with E-state index in [1.54, 1.807) is 13.0 Å². The van der Waals surface area contributed by atoms with Crippen molar-refractivity contribution in [2.24, 2.45) is 5.73 Å². The van der Waals surface area contributed by atoms with E-state index in [0.29, 0.717) is 6.42 Å². The van der Waals surface area contributed by atoms with Gasteiger partial charge >= 0.3 is 12.1 Å². The van der Waals surface area contributed by atoms with Crippen LogP contribution in [0.25, 0.3) is 0 Å². The van der Waals surface area contributed by atoms with Crippen LogP contribution < -0.4 is 16.4 Å². The van der Waals surface area contributed by atoms with Gasteiger partial charge in [-0.05, 0) is 51.0 Å². The number of alkyl halides is 3. The number of nitrogens with one attached hydrogen (secondary N) is 2. The first-order valence-corrected chi connectivity index (χ1v) is 10.9. The van der Waals surface area contributed by atoms with Crippen LogP contribution in [0.1, 0.15) is 44.6 Å². The fourth-order valence-corrected chi connectivity index (χ4v) is 3.17. The van der Waals surface area contributed by atoms with Gasteiger partial charge in [0.05, 0.1) is 12.1 Å². The lowest BCUT2D eigenvalue weighted by Gasteiger charge is -2.25. The highest BCUT2D eigenvalue weighted by atomic mass is 19.4. The number of carboxylic acids is 1. The van der Waals surface area contributed by atoms with Crippen LogP contribution in [0.15, 0.2) is 42.5 Å². The van der Waals surface area contributed by atoms with Crippen molar-refractivity contribution in [2.75, 3.05) is 0 Å². The van der Waals surface area contributed by atoms with E-state index >= 15 is 0 Å². The van der Waals surface area contributed by atoms with Gasteiger partial charge in [-0.15, -0.1) is 0 Å². The summed E-state index contributed by atoms with van der Waals surface area (Å²) < 4.78 is 31.7. The number of benzene rings is 1. The minimum Gasteiger partial charge on any atom is -0.475 e. The van der Waals surface area contributed by atoms with Gasteiger partial charge < -0.3 is 26.6 Å². The van der Waals surface area contributed by atoms with Crippen molar-refractivity contribution >= 4 is 17.8 Å². The second-order valence-electron chi connectivity index (χ2n) is 8.10. The van der Waals surface area contributed by atoms with Crippen molar-refractivity contribution in [2.45, 2.75) is 75.9 Å². The third-order valence-electron chi connectivity index (χ3n) is 5.09. The number of aliphatic hydroxyl groups is 1. The highest BCUT2D eigenvalue weighted by Crippen LogP contribution is 2.18. The maximum Gasteiger partial charge on any atom is 0.490 e. The van der Waals surface area contributed by atoms with Crippen molar-refractivity contribution in [1.29, 1.82) is 0 Å². The van der Waals surface area contributed by atoms with E-state index in [9.17, 15) is 27.9 Å². The predicted molar refractivity (Wildman–Crippen MR) is 120 cm³/mol. The molecule has 1 aromatic carbocycles. The first kappa shape index (κ1) is 29.1. The predicted octanol–water partition coefficient (Wildman–Crippen LogP) is 2.06. The molecule has 1 fully saturated rings. The second kappa shape index (κ2) is 14.4. The summed E-state index contributed by atoms with van der Waals surface area (Å²) in [6.45, 7) is 1.64. The Hall–Kier alpha value is -2.92. The molecular weight excluding hydrogens is 455 g/mol. The summed E-state index contributed by atoms with van der Waals surface area (Å²) >= 11 is 0. The van der Waals surface area contributed by atoms with E-state index in [2.05, 4.69) is 10.6 Å². The average Bonchev–Trinajstić information content (AvgIpc) is 2.77. The van der Waals surface area contributed by atoms with Crippen LogP contribution >= 0.6 is 0 Å². The van der Waals surface area contributed by atoms with Gasteiger partial charge in [0, 0.05) is 18.2 Å². The normalized spacial score (nSPS) is 19.9. The highest BCUT2D eigenvalue weighted by molar-refractivity contribution is 5.88. The molecule has 1 saturated carbocycles. The molecule has 8 nitrogen and oxygen atoms in total. The molecule has 0 unspecified atom stereocenters. The van der Waals surface area contributed by atoms with Gasteiger partial charge in [-0.3, -0.25) is 9.59 Å². The quantitative estimate of drug-likeness (QED) is 0.356. The Morgan fingerprint density at radius 1 is 1.15 bits per heavy atom. The summed E-state index contributed by atoms with van der Waals surface area (Å²) in [5, 5.41) is 22.5. The molecule has 2 rings (SSSR count). The van der Waals surface area contributed by atoms with E-state index in [0.717, 1.165) is 32.1 Å². The molecule has 0 aromatic heterocycles. The van der Waals surface area contributed by atoms with Gasteiger partial charge in [-0.1, -0.05) is 36.4 Å². The van der Waals surface area contributed by atoms with Crippen molar-refractivity contribution < 1.29 is 37.8 Å². The molecule has 190 valence electrons. The lowest BCUT2D eigenvalue weighted by molar-refractivity contribution is -0.192. The number of aliphatic carboxylic acids is 1. The van der Waals surface area contributed by atoms with Crippen LogP contribution in [0.3, 0.4) is 0 Å². The molecule has 2 atom stereocenters. The fourth-order valence-electron chi connectivity index (χ4n) is 3.17. The van der Waals surface area contributed by atoms with Gasteiger partial charge in [-0.25, -0.2) is 4.79 Å². The molecule has 34 heavy (non-hydrogen) atoms. The highest BCUT2D eigenvalue weighted by Gasteiger charge is 2.38. The number of carboxylic acid groups (broad SMARTS) is 1. The monoisotopic (exact) mass is 487 g/mol. The third kappa shape index (κ3) is 12.4. The summed E-state index contributed by atoms with van der Waals surface area (Å²) in [4.78, 5) is 33.1. The van der Waals surface area contributed by atoms with Crippen LogP contribution in [0.5, 0.6) is 0 Å². The van der Waals surface area contributed by atoms with Crippen molar-refractivity contribution in [1.82, 2.24) is 10.6 Å². The standard InChI is InChI=1S/C21H31N3O3.C2HF3O2/c1-15(22)21(27)24-18(8-7-16-5-3-2-4-6-16)11-14-20(26)23-17-9-12-19(25)13-10-17;3-2(4,5)1(6)7/h2-6,11,14-15,17-19,25H,7-10,12-13,22H2,1H3,(H,23,26)(H,24,27);(H,6,7)/b14-11+;/t15-,17?,18-,19?;/m0./s1. The number of rotatable bonds is 8. The summed E-state index contributed by atoms with van der Waals surface area (Å²) in [6, 6.07) is 9.25. The third-order valence-corrected chi connectivity index (χ3v) is 5.09. The zero-order valence-corrected chi connectivity index (χ0v) is 18.9. The molecular formula is C23H32F3N3O5. The van der Waals surface area contributed by atoms with Gasteiger partial charge in [0.1, 0.15) is 0 Å². The number of carbonyl (C=O) groups is 3. The molecule has 2 amide bonds. The molecule has 11 heteroatoms. The van der Waals surface area contributed by atoms with Gasteiger partial charge in [0.25, 0.3) is 0 Å². The van der Waals surface area contributed by atoms with Gasteiger partial charge in [0.2, 0.25) is 11.8 Å². The van der Waals surface area contributed by atoms with Crippen LogP contribution in [0.2, 0.25) is 0 Å². The number of hydrogen-bond acceptors (Lipinski definition) is 5. The largest absolute Gasteiger partial charge is 0.490 e. The fraction of sp³-hybridized carbons (Fsp3) is 0.522. The maximum absolute atomic E-state index is 12.2. The molecule has 0 aliphatic heterocycles. The first-order chi connectivity index (χ1) is 15.9. The van der Waals surface area contributed by atoms with E-state index < -0.39 is 18.2 Å². The van der Waals surface area contributed by atoms with E-state index in [1.807, 2.05) is 30.3 Å². The number of aryl methyl sites for hydroxylation is 1. The van der Waals surface area contributed by atoms with Crippen LogP contribution in [0.4, 0.5) is 13.2 Å².